The third kappa shape index (κ3) is 4.48. The van der Waals surface area contributed by atoms with E-state index in [0.29, 0.717) is 5.75 Å². The van der Waals surface area contributed by atoms with Crippen LogP contribution in [0, 0.1) is 0 Å². The molecule has 0 saturated carbocycles. The molecule has 38 heavy (non-hydrogen) atoms. The van der Waals surface area contributed by atoms with E-state index < -0.39 is 0 Å². The van der Waals surface area contributed by atoms with E-state index in [-0.39, 0.29) is 26.0 Å². The van der Waals surface area contributed by atoms with Gasteiger partial charge in [0.05, 0.1) is 29.1 Å². The number of carbonyl (C=O) groups excluding carboxylic acids is 1. The third-order valence-electron chi connectivity index (χ3n) is 6.62. The molecule has 3 heterocycles. The van der Waals surface area contributed by atoms with Gasteiger partial charge in [0.25, 0.3) is 5.91 Å². The van der Waals surface area contributed by atoms with Crippen LogP contribution in [0.5, 0.6) is 5.75 Å². The van der Waals surface area contributed by atoms with Crippen molar-refractivity contribution in [2.45, 2.75) is 32.9 Å². The third-order valence-corrected chi connectivity index (χ3v) is 6.62. The summed E-state index contributed by atoms with van der Waals surface area (Å²) in [5, 5.41) is 5.96. The molecule has 0 fully saturated rings. The molecular weight excluding hydrogens is 480 g/mol. The van der Waals surface area contributed by atoms with Crippen molar-refractivity contribution in [3.8, 4) is 16.9 Å². The molecule has 0 spiro atoms. The van der Waals surface area contributed by atoms with Gasteiger partial charge in [-0.25, -0.2) is 4.98 Å². The monoisotopic (exact) mass is 510 g/mol. The summed E-state index contributed by atoms with van der Waals surface area (Å²) in [7, 11) is 0. The lowest BCUT2D eigenvalue weighted by atomic mass is 10.0. The zero-order valence-electron chi connectivity index (χ0n) is 21.4. The number of oxazole rings is 1. The summed E-state index contributed by atoms with van der Waals surface area (Å²) in [6.07, 6.45) is 3.31. The van der Waals surface area contributed by atoms with E-state index in [1.54, 1.807) is 0 Å². The van der Waals surface area contributed by atoms with E-state index in [4.69, 9.17) is 9.15 Å². The molecule has 0 unspecified atom stereocenters. The first kappa shape index (κ1) is 23.7. The zero-order chi connectivity index (χ0) is 26.2. The normalized spacial score (nSPS) is 13.5. The fourth-order valence-electron chi connectivity index (χ4n) is 4.72. The number of nitrogens with one attached hydrogen (secondary N) is 3. The lowest BCUT2D eigenvalue weighted by molar-refractivity contribution is -0.123. The Morgan fingerprint density at radius 3 is 2.63 bits per heavy atom. The molecule has 0 bridgehead atoms. The number of amides is 1. The maximum absolute atomic E-state index is 11.9. The van der Waals surface area contributed by atoms with E-state index in [0.717, 1.165) is 50.1 Å². The molecule has 194 valence electrons. The largest absolute Gasteiger partial charge is 0.484 e. The summed E-state index contributed by atoms with van der Waals surface area (Å²) in [5.74, 6) is 0.512. The van der Waals surface area contributed by atoms with Crippen LogP contribution in [-0.2, 0) is 4.79 Å². The van der Waals surface area contributed by atoms with Crippen LogP contribution < -0.4 is 26.0 Å². The number of ether oxygens (including phenoxy) is 1. The van der Waals surface area contributed by atoms with Crippen LogP contribution in [0.15, 0.2) is 77.7 Å². The predicted molar refractivity (Wildman–Crippen MR) is 150 cm³/mol. The van der Waals surface area contributed by atoms with Crippen LogP contribution in [0.4, 0.5) is 11.4 Å². The van der Waals surface area contributed by atoms with Crippen LogP contribution in [0.1, 0.15) is 33.8 Å². The molecule has 3 aromatic carbocycles. The highest BCUT2D eigenvalue weighted by Gasteiger charge is 2.27. The molecule has 3 N–H and O–H groups in total. The van der Waals surface area contributed by atoms with Gasteiger partial charge in [-0.05, 0) is 73.9 Å². The fourth-order valence-corrected chi connectivity index (χ4v) is 4.72. The molecule has 9 nitrogen and oxygen atoms in total. The van der Waals surface area contributed by atoms with Crippen molar-refractivity contribution in [2.75, 3.05) is 17.0 Å². The average Bonchev–Trinajstić information content (AvgIpc) is 3.58. The van der Waals surface area contributed by atoms with Gasteiger partial charge in [-0.15, -0.1) is 5.53 Å². The van der Waals surface area contributed by atoms with Crippen LogP contribution in [0.2, 0.25) is 0 Å². The first-order valence-corrected chi connectivity index (χ1v) is 12.6. The van der Waals surface area contributed by atoms with Crippen LogP contribution >= 0.6 is 0 Å². The van der Waals surface area contributed by atoms with E-state index in [1.807, 2.05) is 68.6 Å². The predicted octanol–water partition coefficient (Wildman–Crippen LogP) is 5.61. The van der Waals surface area contributed by atoms with Gasteiger partial charge in [-0.3, -0.25) is 14.8 Å². The number of nitrogens with zero attached hydrogens (tertiary/aromatic N) is 3. The maximum atomic E-state index is 11.9. The van der Waals surface area contributed by atoms with Crippen LogP contribution in [0.25, 0.3) is 33.1 Å². The number of carbonyl (C=O) groups is 1. The van der Waals surface area contributed by atoms with Gasteiger partial charge >= 0.3 is 0 Å². The molecule has 1 aliphatic rings. The Bertz CT molecular complexity index is 1640. The summed E-state index contributed by atoms with van der Waals surface area (Å²) in [4.78, 5) is 20.8. The van der Waals surface area contributed by atoms with Gasteiger partial charge < -0.3 is 19.9 Å². The molecule has 6 rings (SSSR count). The summed E-state index contributed by atoms with van der Waals surface area (Å²) in [6.45, 7) is 5.96. The number of fused-ring (bicyclic) bond motifs is 4. The van der Waals surface area contributed by atoms with Crippen molar-refractivity contribution in [3.05, 3.63) is 78.8 Å². The van der Waals surface area contributed by atoms with Crippen molar-refractivity contribution in [1.82, 2.24) is 20.8 Å². The van der Waals surface area contributed by atoms with Crippen molar-refractivity contribution < 1.29 is 15.4 Å². The van der Waals surface area contributed by atoms with Gasteiger partial charge in [0.2, 0.25) is 0 Å². The second-order valence-electron chi connectivity index (χ2n) is 9.65. The van der Waals surface area contributed by atoms with E-state index in [9.17, 15) is 4.79 Å². The van der Waals surface area contributed by atoms with Gasteiger partial charge in [0, 0.05) is 12.9 Å². The Morgan fingerprint density at radius 1 is 1.03 bits per heavy atom. The SMILES string of the molecule is CC(C)NC(=O)COc1ccc([C@H](C)N2NNc3cnc4ccc(-c5ccc6ocnc6c5)cc4c32)cc1.[HH]. The summed E-state index contributed by atoms with van der Waals surface area (Å²) in [6, 6.07) is 20.2. The van der Waals surface area contributed by atoms with E-state index >= 15 is 0 Å². The quantitative estimate of drug-likeness (QED) is 0.260. The minimum Gasteiger partial charge on any atom is -0.484 e. The Balaban J connectivity index is 0.00000308. The fraction of sp³-hybridized carbons (Fsp3) is 0.207. The number of benzene rings is 3. The van der Waals surface area contributed by atoms with Crippen molar-refractivity contribution >= 4 is 39.3 Å². The first-order chi connectivity index (χ1) is 18.5. The lowest BCUT2D eigenvalue weighted by Gasteiger charge is -2.27. The number of anilines is 2. The second kappa shape index (κ2) is 9.68. The topological polar surface area (TPSA) is 105 Å². The van der Waals surface area contributed by atoms with Gasteiger partial charge in [0.1, 0.15) is 11.3 Å². The summed E-state index contributed by atoms with van der Waals surface area (Å²) < 4.78 is 11.0. The molecule has 9 heteroatoms. The summed E-state index contributed by atoms with van der Waals surface area (Å²) in [5.41, 5.74) is 14.2. The Hall–Kier alpha value is -4.63. The van der Waals surface area contributed by atoms with Crippen LogP contribution in [-0.4, -0.2) is 28.5 Å². The number of hydrogen-bond donors (Lipinski definition) is 3. The number of hydrogen-bond acceptors (Lipinski definition) is 8. The number of rotatable bonds is 7. The molecule has 0 radical (unpaired) electrons. The zero-order valence-corrected chi connectivity index (χ0v) is 21.4. The minimum atomic E-state index is -0.137. The molecule has 5 aromatic rings. The molecule has 1 aliphatic heterocycles. The van der Waals surface area contributed by atoms with Gasteiger partial charge in [0.15, 0.2) is 18.6 Å². The Kier molecular flexibility index (Phi) is 6.05. The first-order valence-electron chi connectivity index (χ1n) is 12.6. The van der Waals surface area contributed by atoms with Gasteiger partial charge in [-0.2, -0.15) is 0 Å². The maximum Gasteiger partial charge on any atom is 0.258 e. The number of hydrazine groups is 2. The standard InChI is InChI=1S/C29H28N6O3.H2/c1-17(2)32-28(36)15-37-22-8-4-19(5-9-22)18(3)35-29-23-12-20(6-10-24(23)30-14-26(29)33-34-35)21-7-11-27-25(13-21)31-16-38-27;/h4-14,16-18,33-34H,15H2,1-3H3,(H,32,36);1H/t18-;/m0./s1. The highest BCUT2D eigenvalue weighted by molar-refractivity contribution is 6.01. The highest BCUT2D eigenvalue weighted by Crippen LogP contribution is 2.41. The highest BCUT2D eigenvalue weighted by atomic mass is 16.5. The van der Waals surface area contributed by atoms with E-state index in [2.05, 4.69) is 50.3 Å². The second-order valence-corrected chi connectivity index (χ2v) is 9.65. The van der Waals surface area contributed by atoms with E-state index in [1.165, 1.54) is 6.39 Å². The molecule has 0 aliphatic carbocycles. The molecule has 1 atom stereocenters. The Morgan fingerprint density at radius 2 is 1.82 bits per heavy atom. The molecule has 0 saturated heterocycles. The van der Waals surface area contributed by atoms with Crippen molar-refractivity contribution in [3.63, 3.8) is 0 Å². The average molecular weight is 511 g/mol. The van der Waals surface area contributed by atoms with Gasteiger partial charge in [-0.1, -0.05) is 24.3 Å². The van der Waals surface area contributed by atoms with Crippen LogP contribution in [0.3, 0.4) is 0 Å². The molecule has 1 amide bonds. The van der Waals surface area contributed by atoms with Crippen molar-refractivity contribution in [1.29, 1.82) is 0 Å². The minimum absolute atomic E-state index is 0. The lowest BCUT2D eigenvalue weighted by Crippen LogP contribution is -2.38. The van der Waals surface area contributed by atoms with Crippen molar-refractivity contribution in [2.24, 2.45) is 0 Å². The smallest absolute Gasteiger partial charge is 0.258 e. The Labute approximate surface area is 221 Å². The molecule has 2 aromatic heterocycles. The number of aromatic nitrogens is 2. The summed E-state index contributed by atoms with van der Waals surface area (Å²) >= 11 is 0. The number of pyridine rings is 1. The molecular formula is C29H30N6O3.